The largest absolute Gasteiger partial charge is 0.452 e. The van der Waals surface area contributed by atoms with Crippen LogP contribution in [0.2, 0.25) is 0 Å². The fourth-order valence-corrected chi connectivity index (χ4v) is 6.86. The lowest BCUT2D eigenvalue weighted by atomic mass is 10.0. The summed E-state index contributed by atoms with van der Waals surface area (Å²) in [6, 6.07) is 12.9. The number of rotatable bonds is 11. The van der Waals surface area contributed by atoms with Crippen LogP contribution in [-0.4, -0.2) is 77.5 Å². The summed E-state index contributed by atoms with van der Waals surface area (Å²) < 4.78 is 36.8. The molecule has 3 aromatic rings. The highest BCUT2D eigenvalue weighted by Crippen LogP contribution is 2.35. The molecular weight excluding hydrogens is 544 g/mol. The van der Waals surface area contributed by atoms with Gasteiger partial charge in [0, 0.05) is 25.9 Å². The van der Waals surface area contributed by atoms with Gasteiger partial charge < -0.3 is 20.1 Å². The van der Waals surface area contributed by atoms with Crippen LogP contribution in [0.4, 0.5) is 10.5 Å². The lowest BCUT2D eigenvalue weighted by Crippen LogP contribution is -2.41. The van der Waals surface area contributed by atoms with Crippen LogP contribution in [0.3, 0.4) is 0 Å². The Morgan fingerprint density at radius 1 is 1.13 bits per heavy atom. The number of thiazole rings is 1. The van der Waals surface area contributed by atoms with Gasteiger partial charge in [0.05, 0.1) is 36.2 Å². The van der Waals surface area contributed by atoms with E-state index in [-0.39, 0.29) is 35.9 Å². The summed E-state index contributed by atoms with van der Waals surface area (Å²) >= 11 is 1.10. The predicted octanol–water partition coefficient (Wildman–Crippen LogP) is 2.66. The Bertz CT molecular complexity index is 1480. The lowest BCUT2D eigenvalue weighted by Gasteiger charge is -2.16. The van der Waals surface area contributed by atoms with Crippen LogP contribution >= 0.6 is 11.3 Å². The number of aromatic nitrogens is 1. The third kappa shape index (κ3) is 6.91. The molecule has 1 aromatic heterocycles. The zero-order valence-corrected chi connectivity index (χ0v) is 23.4. The third-order valence-corrected chi connectivity index (χ3v) is 9.30. The molecule has 1 aliphatic carbocycles. The molecule has 0 radical (unpaired) electrons. The maximum absolute atomic E-state index is 13.2. The monoisotopic (exact) mass is 574 g/mol. The van der Waals surface area contributed by atoms with Gasteiger partial charge in [0.15, 0.2) is 15.1 Å². The highest BCUT2D eigenvalue weighted by atomic mass is 32.2. The summed E-state index contributed by atoms with van der Waals surface area (Å²) in [7, 11) is 0.293. The van der Waals surface area contributed by atoms with E-state index < -0.39 is 27.1 Å². The minimum absolute atomic E-state index is 0.0836. The number of fused-ring (bicyclic) bond motifs is 1. The zero-order chi connectivity index (χ0) is 28.2. The Morgan fingerprint density at radius 3 is 2.56 bits per heavy atom. The number of carbonyl (C=O) groups is 3. The van der Waals surface area contributed by atoms with Crippen molar-refractivity contribution in [3.63, 3.8) is 0 Å². The number of benzene rings is 2. The number of nitrogens with one attached hydrogen (secondary N) is 2. The van der Waals surface area contributed by atoms with Gasteiger partial charge in [-0.1, -0.05) is 18.2 Å². The predicted molar refractivity (Wildman–Crippen MR) is 148 cm³/mol. The molecule has 1 aliphatic rings. The van der Waals surface area contributed by atoms with Gasteiger partial charge in [-0.25, -0.2) is 18.2 Å². The van der Waals surface area contributed by atoms with E-state index >= 15 is 0 Å². The molecule has 1 fully saturated rings. The van der Waals surface area contributed by atoms with Crippen molar-refractivity contribution < 1.29 is 32.3 Å². The van der Waals surface area contributed by atoms with Crippen molar-refractivity contribution in [1.29, 1.82) is 0 Å². The second-order valence-electron chi connectivity index (χ2n) is 9.11. The van der Waals surface area contributed by atoms with Crippen LogP contribution in [0.25, 0.3) is 21.3 Å². The van der Waals surface area contributed by atoms with Crippen LogP contribution in [0.5, 0.6) is 0 Å². The fourth-order valence-electron chi connectivity index (χ4n) is 3.88. The third-order valence-electron chi connectivity index (χ3n) is 6.18. The van der Waals surface area contributed by atoms with Gasteiger partial charge in [0.2, 0.25) is 11.8 Å². The molecular formula is C26H30N4O7S2. The van der Waals surface area contributed by atoms with Gasteiger partial charge in [0.25, 0.3) is 0 Å². The van der Waals surface area contributed by atoms with Crippen LogP contribution in [0.1, 0.15) is 23.1 Å². The Kier molecular flexibility index (Phi) is 8.83. The summed E-state index contributed by atoms with van der Waals surface area (Å²) in [6.45, 7) is -0.406. The molecule has 1 heterocycles. The number of anilines is 1. The summed E-state index contributed by atoms with van der Waals surface area (Å²) in [5.41, 5.74) is 2.81. The van der Waals surface area contributed by atoms with E-state index in [1.165, 1.54) is 19.1 Å². The first-order valence-electron chi connectivity index (χ1n) is 12.2. The molecule has 1 atom stereocenters. The van der Waals surface area contributed by atoms with Crippen molar-refractivity contribution in [2.75, 3.05) is 45.1 Å². The van der Waals surface area contributed by atoms with E-state index in [1.54, 1.807) is 19.2 Å². The minimum Gasteiger partial charge on any atom is -0.452 e. The molecule has 0 saturated heterocycles. The molecule has 2 N–H and O–H groups in total. The van der Waals surface area contributed by atoms with E-state index in [4.69, 9.17) is 9.47 Å². The standard InChI is InChI=1S/C26H30N4O7S2/c1-30(26(33)37-3)19-6-4-5-16(13-19)17-7-10-20-21(14-17)38-25(29-20)23(39(34,35)12-11-36-2)24(32)27-15-22(31)28-18-8-9-18/h4-7,10,13-14,18,23H,8-9,11-12,15H2,1-3H3,(H,27,32)(H,28,31). The molecule has 208 valence electrons. The number of nitrogens with zero attached hydrogens (tertiary/aromatic N) is 2. The Hall–Kier alpha value is -3.55. The smallest absolute Gasteiger partial charge is 0.413 e. The van der Waals surface area contributed by atoms with Crippen molar-refractivity contribution in [3.05, 3.63) is 47.5 Å². The SMILES string of the molecule is COCCS(=O)(=O)C(C(=O)NCC(=O)NC1CC1)c1nc2ccc(-c3cccc(N(C)C(=O)OC)c3)cc2s1. The fraction of sp³-hybridized carbons (Fsp3) is 0.385. The van der Waals surface area contributed by atoms with Crippen LogP contribution in [0, 0.1) is 0 Å². The first-order valence-corrected chi connectivity index (χ1v) is 14.8. The van der Waals surface area contributed by atoms with Crippen molar-refractivity contribution in [2.24, 2.45) is 0 Å². The maximum atomic E-state index is 13.2. The van der Waals surface area contributed by atoms with Crippen molar-refractivity contribution >= 4 is 55.0 Å². The molecule has 13 heteroatoms. The summed E-state index contributed by atoms with van der Waals surface area (Å²) in [5.74, 6) is -1.56. The van der Waals surface area contributed by atoms with Crippen LogP contribution < -0.4 is 15.5 Å². The molecule has 1 unspecified atom stereocenters. The van der Waals surface area contributed by atoms with E-state index in [2.05, 4.69) is 15.6 Å². The van der Waals surface area contributed by atoms with E-state index in [0.29, 0.717) is 15.9 Å². The first kappa shape index (κ1) is 28.5. The Balaban J connectivity index is 1.63. The van der Waals surface area contributed by atoms with Gasteiger partial charge in [-0.2, -0.15) is 0 Å². The van der Waals surface area contributed by atoms with E-state index in [0.717, 1.165) is 35.3 Å². The molecule has 2 aromatic carbocycles. The molecule has 39 heavy (non-hydrogen) atoms. The molecule has 0 spiro atoms. The molecule has 0 aliphatic heterocycles. The topological polar surface area (TPSA) is 144 Å². The first-order chi connectivity index (χ1) is 18.6. The maximum Gasteiger partial charge on any atom is 0.413 e. The normalized spacial score (nSPS) is 14.0. The van der Waals surface area contributed by atoms with Gasteiger partial charge in [0.1, 0.15) is 5.01 Å². The number of ether oxygens (including phenoxy) is 2. The Morgan fingerprint density at radius 2 is 1.87 bits per heavy atom. The minimum atomic E-state index is -4.00. The molecule has 3 amide bonds. The highest BCUT2D eigenvalue weighted by Gasteiger charge is 2.37. The van der Waals surface area contributed by atoms with Gasteiger partial charge in [-0.3, -0.25) is 14.5 Å². The molecule has 4 rings (SSSR count). The van der Waals surface area contributed by atoms with Crippen molar-refractivity contribution in [2.45, 2.75) is 24.1 Å². The molecule has 11 nitrogen and oxygen atoms in total. The number of amides is 3. The number of hydrogen-bond donors (Lipinski definition) is 2. The highest BCUT2D eigenvalue weighted by molar-refractivity contribution is 7.92. The molecule has 1 saturated carbocycles. The average Bonchev–Trinajstić information content (AvgIpc) is 3.65. The van der Waals surface area contributed by atoms with E-state index in [9.17, 15) is 22.8 Å². The van der Waals surface area contributed by atoms with E-state index in [1.807, 2.05) is 30.3 Å². The van der Waals surface area contributed by atoms with Crippen molar-refractivity contribution in [1.82, 2.24) is 15.6 Å². The van der Waals surface area contributed by atoms with Gasteiger partial charge in [-0.15, -0.1) is 11.3 Å². The van der Waals surface area contributed by atoms with Gasteiger partial charge in [-0.05, 0) is 48.2 Å². The second kappa shape index (κ2) is 12.1. The quantitative estimate of drug-likeness (QED) is 0.356. The average molecular weight is 575 g/mol. The number of sulfone groups is 1. The number of carbonyl (C=O) groups excluding carboxylic acids is 3. The second-order valence-corrected chi connectivity index (χ2v) is 12.4. The number of hydrogen-bond acceptors (Lipinski definition) is 9. The lowest BCUT2D eigenvalue weighted by molar-refractivity contribution is -0.126. The van der Waals surface area contributed by atoms with Crippen LogP contribution in [-0.2, 0) is 28.9 Å². The van der Waals surface area contributed by atoms with Gasteiger partial charge >= 0.3 is 6.09 Å². The molecule has 0 bridgehead atoms. The Labute approximate surface area is 230 Å². The summed E-state index contributed by atoms with van der Waals surface area (Å²) in [5, 5.41) is 3.75. The summed E-state index contributed by atoms with van der Waals surface area (Å²) in [6.07, 6.45) is 1.29. The number of methoxy groups -OCH3 is 2. The van der Waals surface area contributed by atoms with Crippen molar-refractivity contribution in [3.8, 4) is 11.1 Å². The van der Waals surface area contributed by atoms with Crippen LogP contribution in [0.15, 0.2) is 42.5 Å². The summed E-state index contributed by atoms with van der Waals surface area (Å²) in [4.78, 5) is 43.0. The zero-order valence-electron chi connectivity index (χ0n) is 21.8.